The molecule has 3 rings (SSSR count). The SMILES string of the molecule is Fc1cc(F)c(NC2=NC3(CCCCC3)CS2)c(F)c1. The monoisotopic (exact) mass is 300 g/mol. The molecule has 1 fully saturated rings. The number of hydrogen-bond donors (Lipinski definition) is 1. The minimum atomic E-state index is -0.935. The molecule has 0 unspecified atom stereocenters. The van der Waals surface area contributed by atoms with Crippen LogP contribution in [0.5, 0.6) is 0 Å². The maximum atomic E-state index is 13.6. The summed E-state index contributed by atoms with van der Waals surface area (Å²) in [4.78, 5) is 4.62. The van der Waals surface area contributed by atoms with E-state index in [1.807, 2.05) is 0 Å². The van der Waals surface area contributed by atoms with Gasteiger partial charge in [0.25, 0.3) is 0 Å². The third kappa shape index (κ3) is 2.66. The fourth-order valence-electron chi connectivity index (χ4n) is 2.78. The number of aliphatic imine (C=N–C) groups is 1. The van der Waals surface area contributed by atoms with E-state index in [-0.39, 0.29) is 11.2 Å². The molecule has 0 aromatic heterocycles. The maximum absolute atomic E-state index is 13.6. The molecule has 2 nitrogen and oxygen atoms in total. The predicted molar refractivity (Wildman–Crippen MR) is 75.6 cm³/mol. The molecular formula is C14H15F3N2S. The molecule has 0 saturated heterocycles. The van der Waals surface area contributed by atoms with Gasteiger partial charge in [0.2, 0.25) is 0 Å². The largest absolute Gasteiger partial charge is 0.330 e. The van der Waals surface area contributed by atoms with E-state index >= 15 is 0 Å². The van der Waals surface area contributed by atoms with Gasteiger partial charge in [-0.05, 0) is 12.8 Å². The van der Waals surface area contributed by atoms with Crippen LogP contribution in [-0.4, -0.2) is 16.5 Å². The number of amidine groups is 1. The first kappa shape index (κ1) is 13.8. The predicted octanol–water partition coefficient (Wildman–Crippen LogP) is 4.32. The van der Waals surface area contributed by atoms with E-state index in [2.05, 4.69) is 10.3 Å². The third-order valence-corrected chi connectivity index (χ3v) is 4.99. The molecular weight excluding hydrogens is 285 g/mol. The van der Waals surface area contributed by atoms with Crippen molar-refractivity contribution in [2.45, 2.75) is 37.6 Å². The van der Waals surface area contributed by atoms with E-state index in [0.29, 0.717) is 17.3 Å². The topological polar surface area (TPSA) is 24.4 Å². The van der Waals surface area contributed by atoms with Gasteiger partial charge in [0.05, 0.1) is 5.54 Å². The van der Waals surface area contributed by atoms with Gasteiger partial charge in [-0.2, -0.15) is 0 Å². The average Bonchev–Trinajstić information content (AvgIpc) is 2.77. The lowest BCUT2D eigenvalue weighted by atomic mass is 9.84. The number of anilines is 1. The van der Waals surface area contributed by atoms with Crippen LogP contribution >= 0.6 is 11.8 Å². The molecule has 6 heteroatoms. The van der Waals surface area contributed by atoms with Crippen LogP contribution in [0.1, 0.15) is 32.1 Å². The molecule has 108 valence electrons. The highest BCUT2D eigenvalue weighted by Crippen LogP contribution is 2.40. The van der Waals surface area contributed by atoms with Gasteiger partial charge in [-0.3, -0.25) is 4.99 Å². The number of halogens is 3. The first-order chi connectivity index (χ1) is 9.58. The molecule has 20 heavy (non-hydrogen) atoms. The standard InChI is InChI=1S/C14H15F3N2S/c15-9-6-10(16)12(11(17)7-9)18-13-19-14(8-20-13)4-2-1-3-5-14/h6-7H,1-5,8H2,(H,18,19). The lowest BCUT2D eigenvalue weighted by molar-refractivity contribution is 0.335. The van der Waals surface area contributed by atoms with Crippen LogP contribution in [0.3, 0.4) is 0 Å². The zero-order valence-electron chi connectivity index (χ0n) is 10.9. The van der Waals surface area contributed by atoms with Gasteiger partial charge in [-0.25, -0.2) is 13.2 Å². The summed E-state index contributed by atoms with van der Waals surface area (Å²) in [6.45, 7) is 0. The van der Waals surface area contributed by atoms with Gasteiger partial charge in [-0.1, -0.05) is 31.0 Å². The Balaban J connectivity index is 1.80. The summed E-state index contributed by atoms with van der Waals surface area (Å²) < 4.78 is 40.0. The second kappa shape index (κ2) is 5.31. The number of nitrogens with zero attached hydrogens (tertiary/aromatic N) is 1. The summed E-state index contributed by atoms with van der Waals surface area (Å²) in [6.07, 6.45) is 5.58. The molecule has 1 aliphatic heterocycles. The van der Waals surface area contributed by atoms with E-state index in [4.69, 9.17) is 0 Å². The van der Waals surface area contributed by atoms with E-state index in [1.165, 1.54) is 18.2 Å². The molecule has 0 atom stereocenters. The summed E-state index contributed by atoms with van der Waals surface area (Å²) in [5.41, 5.74) is -0.399. The van der Waals surface area contributed by atoms with Crippen molar-refractivity contribution in [2.24, 2.45) is 4.99 Å². The van der Waals surface area contributed by atoms with Crippen molar-refractivity contribution in [3.8, 4) is 0 Å². The Bertz CT molecular complexity index is 530. The minimum absolute atomic E-state index is 0.0712. The molecule has 1 heterocycles. The number of rotatable bonds is 1. The molecule has 1 N–H and O–H groups in total. The Morgan fingerprint density at radius 1 is 1.05 bits per heavy atom. The molecule has 2 aliphatic rings. The highest BCUT2D eigenvalue weighted by molar-refractivity contribution is 8.14. The van der Waals surface area contributed by atoms with Crippen LogP contribution in [0.2, 0.25) is 0 Å². The second-order valence-electron chi connectivity index (χ2n) is 5.36. The van der Waals surface area contributed by atoms with Gasteiger partial charge in [0.15, 0.2) is 16.8 Å². The van der Waals surface area contributed by atoms with Gasteiger partial charge < -0.3 is 5.32 Å². The summed E-state index contributed by atoms with van der Waals surface area (Å²) in [6, 6.07) is 1.34. The molecule has 1 saturated carbocycles. The fraction of sp³-hybridized carbons (Fsp3) is 0.500. The summed E-state index contributed by atoms with van der Waals surface area (Å²) >= 11 is 1.48. The van der Waals surface area contributed by atoms with Gasteiger partial charge in [0.1, 0.15) is 11.5 Å². The Hall–Kier alpha value is -1.17. The maximum Gasteiger partial charge on any atom is 0.161 e. The zero-order chi connectivity index (χ0) is 14.2. The van der Waals surface area contributed by atoms with Gasteiger partial charge >= 0.3 is 0 Å². The normalized spacial score (nSPS) is 21.1. The third-order valence-electron chi connectivity index (χ3n) is 3.84. The van der Waals surface area contributed by atoms with Crippen LogP contribution in [-0.2, 0) is 0 Å². The van der Waals surface area contributed by atoms with E-state index in [0.717, 1.165) is 31.4 Å². The summed E-state index contributed by atoms with van der Waals surface area (Å²) in [5, 5.41) is 3.20. The molecule has 1 aromatic rings. The van der Waals surface area contributed by atoms with Crippen molar-refractivity contribution in [1.82, 2.24) is 0 Å². The van der Waals surface area contributed by atoms with Crippen LogP contribution in [0, 0.1) is 17.5 Å². The van der Waals surface area contributed by atoms with Crippen molar-refractivity contribution in [1.29, 1.82) is 0 Å². The summed E-state index contributed by atoms with van der Waals surface area (Å²) in [5.74, 6) is -1.94. The quantitative estimate of drug-likeness (QED) is 0.835. The summed E-state index contributed by atoms with van der Waals surface area (Å²) in [7, 11) is 0. The van der Waals surface area contributed by atoms with Crippen molar-refractivity contribution in [3.05, 3.63) is 29.6 Å². The average molecular weight is 300 g/mol. The lowest BCUT2D eigenvalue weighted by Gasteiger charge is -2.29. The van der Waals surface area contributed by atoms with Crippen LogP contribution in [0.4, 0.5) is 18.9 Å². The van der Waals surface area contributed by atoms with E-state index in [9.17, 15) is 13.2 Å². The highest BCUT2D eigenvalue weighted by Gasteiger charge is 2.37. The fourth-order valence-corrected chi connectivity index (χ4v) is 3.97. The Kier molecular flexibility index (Phi) is 3.67. The van der Waals surface area contributed by atoms with Crippen LogP contribution in [0.25, 0.3) is 0 Å². The van der Waals surface area contributed by atoms with E-state index < -0.39 is 17.5 Å². The first-order valence-corrected chi connectivity index (χ1v) is 7.71. The molecule has 0 radical (unpaired) electrons. The molecule has 0 bridgehead atoms. The molecule has 1 aromatic carbocycles. The zero-order valence-corrected chi connectivity index (χ0v) is 11.7. The van der Waals surface area contributed by atoms with Crippen molar-refractivity contribution >= 4 is 22.6 Å². The van der Waals surface area contributed by atoms with Gasteiger partial charge in [0, 0.05) is 17.9 Å². The van der Waals surface area contributed by atoms with Crippen molar-refractivity contribution in [2.75, 3.05) is 11.1 Å². The van der Waals surface area contributed by atoms with E-state index in [1.54, 1.807) is 0 Å². The van der Waals surface area contributed by atoms with Crippen LogP contribution < -0.4 is 5.32 Å². The highest BCUT2D eigenvalue weighted by atomic mass is 32.2. The van der Waals surface area contributed by atoms with Crippen LogP contribution in [0.15, 0.2) is 17.1 Å². The number of hydrogen-bond acceptors (Lipinski definition) is 3. The molecule has 1 spiro atoms. The number of nitrogens with one attached hydrogen (secondary N) is 1. The molecule has 0 amide bonds. The van der Waals surface area contributed by atoms with Crippen molar-refractivity contribution in [3.63, 3.8) is 0 Å². The first-order valence-electron chi connectivity index (χ1n) is 6.72. The smallest absolute Gasteiger partial charge is 0.161 e. The number of benzene rings is 1. The minimum Gasteiger partial charge on any atom is -0.330 e. The Morgan fingerprint density at radius 2 is 1.70 bits per heavy atom. The number of thioether (sulfide) groups is 1. The lowest BCUT2D eigenvalue weighted by Crippen LogP contribution is -2.29. The molecule has 1 aliphatic carbocycles. The van der Waals surface area contributed by atoms with Gasteiger partial charge in [-0.15, -0.1) is 0 Å². The Morgan fingerprint density at radius 3 is 2.35 bits per heavy atom. The van der Waals surface area contributed by atoms with Crippen molar-refractivity contribution < 1.29 is 13.2 Å². The Labute approximate surface area is 119 Å². The second-order valence-corrected chi connectivity index (χ2v) is 6.32.